The molecule has 5 atom stereocenters. The summed E-state index contributed by atoms with van der Waals surface area (Å²) in [4.78, 5) is 2.73. The van der Waals surface area contributed by atoms with E-state index < -0.39 is 0 Å². The minimum Gasteiger partial charge on any atom is -0.302 e. The Morgan fingerprint density at radius 2 is 1.59 bits per heavy atom. The zero-order valence-electron chi connectivity index (χ0n) is 16.1. The summed E-state index contributed by atoms with van der Waals surface area (Å²) in [6.45, 7) is 13.1. The predicted molar refractivity (Wildman–Crippen MR) is 100 cm³/mol. The average molecular weight is 308 g/mol. The van der Waals surface area contributed by atoms with Gasteiger partial charge in [-0.05, 0) is 56.4 Å². The standard InChI is InChI=1S/C21H41N/c1-7-11-17(5)21-19(12-8-2)15-14-18(10-4)20(13-9-3)16-22(21)6/h14-15,17-21H,7-13,16H2,1-6H3/b15-14-/t17?,18?,19?,20-,21?/m1/s1. The smallest absolute Gasteiger partial charge is 0.0181 e. The van der Waals surface area contributed by atoms with Gasteiger partial charge in [0.25, 0.3) is 0 Å². The average Bonchev–Trinajstić information content (AvgIpc) is 2.47. The SMILES string of the molecule is CCCC(C)C1C(CCC)/C=C\C(CC)[C@H](CCC)CN1C. The van der Waals surface area contributed by atoms with Gasteiger partial charge in [0, 0.05) is 12.6 Å². The van der Waals surface area contributed by atoms with Gasteiger partial charge < -0.3 is 4.90 Å². The topological polar surface area (TPSA) is 3.24 Å². The van der Waals surface area contributed by atoms with Crippen LogP contribution in [0.1, 0.15) is 79.6 Å². The second-order valence-corrected chi connectivity index (χ2v) is 7.65. The van der Waals surface area contributed by atoms with Gasteiger partial charge in [-0.1, -0.05) is 66.0 Å². The lowest BCUT2D eigenvalue weighted by Crippen LogP contribution is -2.46. The summed E-state index contributed by atoms with van der Waals surface area (Å²) < 4.78 is 0. The third-order valence-electron chi connectivity index (χ3n) is 5.76. The van der Waals surface area contributed by atoms with Crippen molar-refractivity contribution in [2.75, 3.05) is 13.6 Å². The largest absolute Gasteiger partial charge is 0.302 e. The second-order valence-electron chi connectivity index (χ2n) is 7.65. The number of hydrogen-bond acceptors (Lipinski definition) is 1. The fourth-order valence-electron chi connectivity index (χ4n) is 4.74. The van der Waals surface area contributed by atoms with Crippen molar-refractivity contribution in [2.24, 2.45) is 23.7 Å². The van der Waals surface area contributed by atoms with Gasteiger partial charge >= 0.3 is 0 Å². The van der Waals surface area contributed by atoms with E-state index >= 15 is 0 Å². The lowest BCUT2D eigenvalue weighted by molar-refractivity contribution is 0.0944. The van der Waals surface area contributed by atoms with Gasteiger partial charge in [0.2, 0.25) is 0 Å². The van der Waals surface area contributed by atoms with Crippen LogP contribution in [0.2, 0.25) is 0 Å². The summed E-state index contributed by atoms with van der Waals surface area (Å²) in [5, 5.41) is 0. The van der Waals surface area contributed by atoms with Gasteiger partial charge in [-0.2, -0.15) is 0 Å². The van der Waals surface area contributed by atoms with Crippen LogP contribution in [0.4, 0.5) is 0 Å². The van der Waals surface area contributed by atoms with Crippen LogP contribution in [0.15, 0.2) is 12.2 Å². The Balaban J connectivity index is 3.02. The van der Waals surface area contributed by atoms with E-state index in [1.165, 1.54) is 51.5 Å². The van der Waals surface area contributed by atoms with E-state index in [1.54, 1.807) is 0 Å². The minimum absolute atomic E-state index is 0.730. The predicted octanol–water partition coefficient (Wildman–Crippen LogP) is 6.15. The molecule has 1 aliphatic heterocycles. The number of rotatable bonds is 8. The number of nitrogens with zero attached hydrogens (tertiary/aromatic N) is 1. The van der Waals surface area contributed by atoms with E-state index in [1.807, 2.05) is 0 Å². The summed E-state index contributed by atoms with van der Waals surface area (Å²) in [7, 11) is 2.40. The maximum atomic E-state index is 2.73. The first-order chi connectivity index (χ1) is 10.6. The molecule has 1 heteroatoms. The van der Waals surface area contributed by atoms with Crippen LogP contribution in [-0.4, -0.2) is 24.5 Å². The summed E-state index contributed by atoms with van der Waals surface area (Å²) in [6, 6.07) is 0.730. The Morgan fingerprint density at radius 1 is 0.955 bits per heavy atom. The highest BCUT2D eigenvalue weighted by molar-refractivity contribution is 5.03. The highest BCUT2D eigenvalue weighted by atomic mass is 15.1. The van der Waals surface area contributed by atoms with E-state index in [0.717, 1.165) is 29.7 Å². The normalized spacial score (nSPS) is 33.2. The van der Waals surface area contributed by atoms with Crippen LogP contribution in [0, 0.1) is 23.7 Å². The first kappa shape index (κ1) is 19.7. The van der Waals surface area contributed by atoms with Gasteiger partial charge in [0.05, 0.1) is 0 Å². The summed E-state index contributed by atoms with van der Waals surface area (Å²) in [5.74, 6) is 3.17. The highest BCUT2D eigenvalue weighted by Crippen LogP contribution is 2.33. The third-order valence-corrected chi connectivity index (χ3v) is 5.76. The van der Waals surface area contributed by atoms with Crippen LogP contribution in [0.5, 0.6) is 0 Å². The summed E-state index contributed by atoms with van der Waals surface area (Å²) in [5.41, 5.74) is 0. The lowest BCUT2D eigenvalue weighted by Gasteiger charge is -2.42. The Labute approximate surface area is 140 Å². The minimum atomic E-state index is 0.730. The maximum Gasteiger partial charge on any atom is 0.0181 e. The molecule has 0 aromatic heterocycles. The molecule has 0 aromatic rings. The molecule has 1 aliphatic rings. The van der Waals surface area contributed by atoms with Gasteiger partial charge in [-0.3, -0.25) is 0 Å². The van der Waals surface area contributed by atoms with Crippen molar-refractivity contribution in [1.82, 2.24) is 4.90 Å². The van der Waals surface area contributed by atoms with Crippen LogP contribution in [0.25, 0.3) is 0 Å². The first-order valence-corrected chi connectivity index (χ1v) is 9.97. The molecule has 0 saturated carbocycles. The molecule has 0 radical (unpaired) electrons. The molecule has 4 unspecified atom stereocenters. The van der Waals surface area contributed by atoms with Crippen molar-refractivity contribution in [2.45, 2.75) is 85.6 Å². The molecule has 0 fully saturated rings. The third kappa shape index (κ3) is 5.41. The van der Waals surface area contributed by atoms with E-state index in [9.17, 15) is 0 Å². The highest BCUT2D eigenvalue weighted by Gasteiger charge is 2.32. The fraction of sp³-hybridized carbons (Fsp3) is 0.905. The summed E-state index contributed by atoms with van der Waals surface area (Å²) >= 11 is 0. The molecule has 0 amide bonds. The molecule has 0 N–H and O–H groups in total. The number of hydrogen-bond donors (Lipinski definition) is 0. The van der Waals surface area contributed by atoms with Gasteiger partial charge in [-0.15, -0.1) is 0 Å². The monoisotopic (exact) mass is 307 g/mol. The van der Waals surface area contributed by atoms with Crippen LogP contribution < -0.4 is 0 Å². The fourth-order valence-corrected chi connectivity index (χ4v) is 4.74. The van der Waals surface area contributed by atoms with Crippen molar-refractivity contribution >= 4 is 0 Å². The lowest BCUT2D eigenvalue weighted by atomic mass is 9.77. The summed E-state index contributed by atoms with van der Waals surface area (Å²) in [6.07, 6.45) is 14.5. The maximum absolute atomic E-state index is 2.73. The van der Waals surface area contributed by atoms with Crippen LogP contribution in [0.3, 0.4) is 0 Å². The van der Waals surface area contributed by atoms with E-state index in [0.29, 0.717) is 0 Å². The van der Waals surface area contributed by atoms with Gasteiger partial charge in [-0.25, -0.2) is 0 Å². The molecule has 0 bridgehead atoms. The Morgan fingerprint density at radius 3 is 2.14 bits per heavy atom. The quantitative estimate of drug-likeness (QED) is 0.486. The molecule has 1 rings (SSSR count). The Bertz CT molecular complexity index is 309. The van der Waals surface area contributed by atoms with E-state index in [2.05, 4.69) is 58.7 Å². The molecule has 1 nitrogen and oxygen atoms in total. The zero-order valence-corrected chi connectivity index (χ0v) is 16.1. The second kappa shape index (κ2) is 10.5. The molecule has 1 heterocycles. The van der Waals surface area contributed by atoms with Crippen LogP contribution in [-0.2, 0) is 0 Å². The van der Waals surface area contributed by atoms with Gasteiger partial charge in [0.1, 0.15) is 0 Å². The Kier molecular flexibility index (Phi) is 9.40. The molecular formula is C21H41N. The molecular weight excluding hydrogens is 266 g/mol. The van der Waals surface area contributed by atoms with Crippen molar-refractivity contribution in [3.05, 3.63) is 12.2 Å². The van der Waals surface area contributed by atoms with Crippen molar-refractivity contribution in [3.63, 3.8) is 0 Å². The number of allylic oxidation sites excluding steroid dienone is 1. The first-order valence-electron chi connectivity index (χ1n) is 9.97. The van der Waals surface area contributed by atoms with Crippen molar-refractivity contribution in [1.29, 1.82) is 0 Å². The molecule has 0 saturated heterocycles. The molecule has 0 aliphatic carbocycles. The van der Waals surface area contributed by atoms with Crippen molar-refractivity contribution < 1.29 is 0 Å². The molecule has 0 aromatic carbocycles. The van der Waals surface area contributed by atoms with Gasteiger partial charge in [0.15, 0.2) is 0 Å². The zero-order chi connectivity index (χ0) is 16.5. The van der Waals surface area contributed by atoms with E-state index in [-0.39, 0.29) is 0 Å². The van der Waals surface area contributed by atoms with E-state index in [4.69, 9.17) is 0 Å². The Hall–Kier alpha value is -0.300. The molecule has 0 spiro atoms. The van der Waals surface area contributed by atoms with Crippen molar-refractivity contribution in [3.8, 4) is 0 Å². The molecule has 130 valence electrons. The molecule has 22 heavy (non-hydrogen) atoms. The van der Waals surface area contributed by atoms with Crippen LogP contribution >= 0.6 is 0 Å².